The molecule has 0 radical (unpaired) electrons. The zero-order valence-electron chi connectivity index (χ0n) is 7.94. The van der Waals surface area contributed by atoms with Crippen molar-refractivity contribution >= 4 is 28.7 Å². The molecule has 0 aliphatic carbocycles. The van der Waals surface area contributed by atoms with Crippen LogP contribution < -0.4 is 5.73 Å². The zero-order valence-corrected chi connectivity index (χ0v) is 8.70. The van der Waals surface area contributed by atoms with Crippen LogP contribution in [0.15, 0.2) is 35.9 Å². The molecular formula is C11H10ClNO2. The molecule has 15 heavy (non-hydrogen) atoms. The van der Waals surface area contributed by atoms with E-state index in [1.807, 2.05) is 6.07 Å². The summed E-state index contributed by atoms with van der Waals surface area (Å²) in [5, 5.41) is -0.783. The number of Topliss-reactive ketones (excluding diaryl/α,β-unsaturated/α-hetero) is 1. The topological polar surface area (TPSA) is 60.2 Å². The van der Waals surface area contributed by atoms with E-state index in [9.17, 15) is 9.59 Å². The van der Waals surface area contributed by atoms with Gasteiger partial charge in [-0.25, -0.2) is 0 Å². The van der Waals surface area contributed by atoms with Crippen molar-refractivity contribution < 1.29 is 9.59 Å². The average Bonchev–Trinajstić information content (AvgIpc) is 2.26. The van der Waals surface area contributed by atoms with Gasteiger partial charge < -0.3 is 5.73 Å². The summed E-state index contributed by atoms with van der Waals surface area (Å²) in [5.74, 6) is -0.459. The Labute approximate surface area is 92.5 Å². The van der Waals surface area contributed by atoms with Gasteiger partial charge in [-0.3, -0.25) is 9.59 Å². The molecule has 1 aromatic rings. The molecule has 0 atom stereocenters. The van der Waals surface area contributed by atoms with Gasteiger partial charge in [0.2, 0.25) is 0 Å². The summed E-state index contributed by atoms with van der Waals surface area (Å²) in [7, 11) is 0. The Kier molecular flexibility index (Phi) is 4.21. The molecule has 2 N–H and O–H groups in total. The quantitative estimate of drug-likeness (QED) is 0.363. The molecule has 0 aromatic heterocycles. The third kappa shape index (κ3) is 3.31. The fraction of sp³-hybridized carbons (Fsp3) is 0.0909. The molecule has 78 valence electrons. The van der Waals surface area contributed by atoms with Crippen molar-refractivity contribution in [3.63, 3.8) is 0 Å². The number of rotatable bonds is 4. The fourth-order valence-corrected chi connectivity index (χ4v) is 1.23. The highest BCUT2D eigenvalue weighted by molar-refractivity contribution is 6.71. The molecule has 4 heteroatoms. The van der Waals surface area contributed by atoms with Gasteiger partial charge in [-0.05, 0) is 23.2 Å². The number of halogens is 1. The summed E-state index contributed by atoms with van der Waals surface area (Å²) in [6, 6.07) is 8.97. The van der Waals surface area contributed by atoms with E-state index in [4.69, 9.17) is 17.3 Å². The minimum Gasteiger partial charge on any atom is -0.324 e. The van der Waals surface area contributed by atoms with E-state index < -0.39 is 11.0 Å². The fourth-order valence-electron chi connectivity index (χ4n) is 1.07. The minimum absolute atomic E-state index is 0.0784. The average molecular weight is 224 g/mol. The van der Waals surface area contributed by atoms with Crippen LogP contribution in [-0.4, -0.2) is 17.6 Å². The van der Waals surface area contributed by atoms with Crippen LogP contribution in [0.3, 0.4) is 0 Å². The number of nitrogens with two attached hydrogens (primary N) is 1. The molecule has 1 rings (SSSR count). The summed E-state index contributed by atoms with van der Waals surface area (Å²) in [5.41, 5.74) is 5.82. The van der Waals surface area contributed by atoms with Gasteiger partial charge in [0.1, 0.15) is 0 Å². The second-order valence-electron chi connectivity index (χ2n) is 2.87. The molecule has 0 spiro atoms. The lowest BCUT2D eigenvalue weighted by molar-refractivity contribution is -0.117. The van der Waals surface area contributed by atoms with Crippen molar-refractivity contribution in [3.05, 3.63) is 41.5 Å². The SMILES string of the molecule is NCC(=O)C(=Cc1ccccc1)C(=O)Cl. The van der Waals surface area contributed by atoms with E-state index >= 15 is 0 Å². The molecule has 0 unspecified atom stereocenters. The van der Waals surface area contributed by atoms with Gasteiger partial charge in [0, 0.05) is 0 Å². The second-order valence-corrected chi connectivity index (χ2v) is 3.21. The second kappa shape index (κ2) is 5.44. The predicted octanol–water partition coefficient (Wildman–Crippen LogP) is 1.36. The Bertz CT molecular complexity index is 398. The van der Waals surface area contributed by atoms with Crippen LogP contribution in [-0.2, 0) is 9.59 Å². The number of hydrogen-bond donors (Lipinski definition) is 1. The molecular weight excluding hydrogens is 214 g/mol. The number of carbonyl (C=O) groups excluding carboxylic acids is 2. The lowest BCUT2D eigenvalue weighted by atomic mass is 10.1. The van der Waals surface area contributed by atoms with Crippen LogP contribution in [0.1, 0.15) is 5.56 Å². The molecule has 3 nitrogen and oxygen atoms in total. The molecule has 0 amide bonds. The van der Waals surface area contributed by atoms with Gasteiger partial charge in [0.25, 0.3) is 5.24 Å². The van der Waals surface area contributed by atoms with Crippen molar-refractivity contribution in [1.29, 1.82) is 0 Å². The lowest BCUT2D eigenvalue weighted by Gasteiger charge is -1.99. The maximum atomic E-state index is 11.3. The lowest BCUT2D eigenvalue weighted by Crippen LogP contribution is -2.18. The Balaban J connectivity index is 3.05. The smallest absolute Gasteiger partial charge is 0.256 e. The molecule has 0 aliphatic rings. The van der Waals surface area contributed by atoms with Crippen molar-refractivity contribution in [2.24, 2.45) is 5.73 Å². The molecule has 0 saturated carbocycles. The van der Waals surface area contributed by atoms with Crippen molar-refractivity contribution in [3.8, 4) is 0 Å². The molecule has 0 heterocycles. The molecule has 1 aromatic carbocycles. The third-order valence-corrected chi connectivity index (χ3v) is 2.01. The molecule has 0 aliphatic heterocycles. The maximum Gasteiger partial charge on any atom is 0.256 e. The Hall–Kier alpha value is -1.45. The summed E-state index contributed by atoms with van der Waals surface area (Å²) in [6.45, 7) is -0.225. The van der Waals surface area contributed by atoms with Crippen molar-refractivity contribution in [2.45, 2.75) is 0 Å². The summed E-state index contributed by atoms with van der Waals surface area (Å²) >= 11 is 5.28. The van der Waals surface area contributed by atoms with Gasteiger partial charge in [-0.1, -0.05) is 30.3 Å². The summed E-state index contributed by atoms with van der Waals surface area (Å²) in [6.07, 6.45) is 1.44. The van der Waals surface area contributed by atoms with Gasteiger partial charge in [0.05, 0.1) is 12.1 Å². The highest BCUT2D eigenvalue weighted by atomic mass is 35.5. The standard InChI is InChI=1S/C11H10ClNO2/c12-11(15)9(10(14)7-13)6-8-4-2-1-3-5-8/h1-6H,7,13H2. The predicted molar refractivity (Wildman–Crippen MR) is 59.3 cm³/mol. The van der Waals surface area contributed by atoms with Gasteiger partial charge in [-0.15, -0.1) is 0 Å². The summed E-state index contributed by atoms with van der Waals surface area (Å²) in [4.78, 5) is 22.2. The van der Waals surface area contributed by atoms with Crippen LogP contribution in [0.4, 0.5) is 0 Å². The minimum atomic E-state index is -0.783. The van der Waals surface area contributed by atoms with Crippen LogP contribution in [0.25, 0.3) is 6.08 Å². The first-order valence-electron chi connectivity index (χ1n) is 4.35. The number of ketones is 1. The van der Waals surface area contributed by atoms with E-state index in [0.29, 0.717) is 0 Å². The normalized spacial score (nSPS) is 11.2. The third-order valence-electron chi connectivity index (χ3n) is 1.81. The number of carbonyl (C=O) groups is 2. The highest BCUT2D eigenvalue weighted by Crippen LogP contribution is 2.09. The molecule has 0 fully saturated rings. The van der Waals surface area contributed by atoms with E-state index in [0.717, 1.165) is 5.56 Å². The van der Waals surface area contributed by atoms with Crippen LogP contribution in [0, 0.1) is 0 Å². The first kappa shape index (κ1) is 11.6. The largest absolute Gasteiger partial charge is 0.324 e. The van der Waals surface area contributed by atoms with Crippen molar-refractivity contribution in [1.82, 2.24) is 0 Å². The maximum absolute atomic E-state index is 11.3. The van der Waals surface area contributed by atoms with Gasteiger partial charge in [0.15, 0.2) is 5.78 Å². The van der Waals surface area contributed by atoms with Crippen LogP contribution in [0.2, 0.25) is 0 Å². The van der Waals surface area contributed by atoms with E-state index in [2.05, 4.69) is 0 Å². The van der Waals surface area contributed by atoms with E-state index in [1.54, 1.807) is 24.3 Å². The zero-order chi connectivity index (χ0) is 11.3. The van der Waals surface area contributed by atoms with Gasteiger partial charge in [-0.2, -0.15) is 0 Å². The van der Waals surface area contributed by atoms with E-state index in [1.165, 1.54) is 6.08 Å². The van der Waals surface area contributed by atoms with Crippen molar-refractivity contribution in [2.75, 3.05) is 6.54 Å². The monoisotopic (exact) mass is 223 g/mol. The first-order valence-corrected chi connectivity index (χ1v) is 4.73. The van der Waals surface area contributed by atoms with E-state index in [-0.39, 0.29) is 12.1 Å². The summed E-state index contributed by atoms with van der Waals surface area (Å²) < 4.78 is 0. The first-order chi connectivity index (χ1) is 7.15. The Morgan fingerprint density at radius 3 is 2.33 bits per heavy atom. The van der Waals surface area contributed by atoms with Crippen LogP contribution in [0.5, 0.6) is 0 Å². The Morgan fingerprint density at radius 1 is 1.27 bits per heavy atom. The number of benzene rings is 1. The number of hydrogen-bond acceptors (Lipinski definition) is 3. The Morgan fingerprint density at radius 2 is 1.87 bits per heavy atom. The van der Waals surface area contributed by atoms with Crippen LogP contribution >= 0.6 is 11.6 Å². The molecule has 0 saturated heterocycles. The highest BCUT2D eigenvalue weighted by Gasteiger charge is 2.14. The molecule has 0 bridgehead atoms. The van der Waals surface area contributed by atoms with Gasteiger partial charge >= 0.3 is 0 Å².